The molecule has 3 atom stereocenters. The number of anilines is 1. The summed E-state index contributed by atoms with van der Waals surface area (Å²) >= 11 is 0. The molecule has 0 bridgehead atoms. The molecule has 1 aromatic rings. The van der Waals surface area contributed by atoms with E-state index in [2.05, 4.69) is 15.3 Å². The van der Waals surface area contributed by atoms with Crippen LogP contribution in [0.4, 0.5) is 10.2 Å². The van der Waals surface area contributed by atoms with Crippen LogP contribution in [-0.2, 0) is 14.4 Å². The highest BCUT2D eigenvalue weighted by Gasteiger charge is 2.42. The molecular weight excluding hydrogens is 357 g/mol. The van der Waals surface area contributed by atoms with E-state index in [1.165, 1.54) is 23.5 Å². The van der Waals surface area contributed by atoms with E-state index in [1.54, 1.807) is 0 Å². The van der Waals surface area contributed by atoms with Gasteiger partial charge in [-0.15, -0.1) is 0 Å². The quantitative estimate of drug-likeness (QED) is 0.375. The summed E-state index contributed by atoms with van der Waals surface area (Å²) in [5.74, 6) is -1.50. The van der Waals surface area contributed by atoms with Crippen molar-refractivity contribution in [2.24, 2.45) is 5.92 Å². The molecule has 1 saturated heterocycles. The minimum atomic E-state index is -1.32. The molecule has 10 heteroatoms. The van der Waals surface area contributed by atoms with E-state index in [4.69, 9.17) is 0 Å². The highest BCUT2D eigenvalue weighted by molar-refractivity contribution is 5.97. The second-order valence-corrected chi connectivity index (χ2v) is 6.49. The Balaban J connectivity index is 2.12. The van der Waals surface area contributed by atoms with Gasteiger partial charge in [0.1, 0.15) is 12.2 Å². The molecule has 0 saturated carbocycles. The lowest BCUT2D eigenvalue weighted by molar-refractivity contribution is -0.157. The SMILES string of the molecule is CCCCC(CN(O)C=O)C(=O)N1CC(F)CC1C(=O)Nc1cnccn1. The van der Waals surface area contributed by atoms with Crippen LogP contribution in [-0.4, -0.2) is 68.7 Å². The Hall–Kier alpha value is -2.62. The summed E-state index contributed by atoms with van der Waals surface area (Å²) in [6.07, 6.45) is 4.92. The Morgan fingerprint density at radius 2 is 2.30 bits per heavy atom. The first-order chi connectivity index (χ1) is 13.0. The normalized spacial score (nSPS) is 20.2. The fraction of sp³-hybridized carbons (Fsp3) is 0.588. The van der Waals surface area contributed by atoms with Gasteiger partial charge in [0.15, 0.2) is 5.82 Å². The van der Waals surface area contributed by atoms with Crippen molar-refractivity contribution in [3.63, 3.8) is 0 Å². The van der Waals surface area contributed by atoms with Crippen LogP contribution in [0, 0.1) is 5.92 Å². The molecule has 148 valence electrons. The van der Waals surface area contributed by atoms with Crippen LogP contribution in [0.15, 0.2) is 18.6 Å². The molecule has 0 aromatic carbocycles. The number of aromatic nitrogens is 2. The Morgan fingerprint density at radius 1 is 1.52 bits per heavy atom. The number of carbonyl (C=O) groups excluding carboxylic acids is 3. The zero-order valence-electron chi connectivity index (χ0n) is 15.1. The van der Waals surface area contributed by atoms with Crippen molar-refractivity contribution in [2.45, 2.75) is 44.8 Å². The van der Waals surface area contributed by atoms with Gasteiger partial charge in [-0.1, -0.05) is 19.8 Å². The number of unbranched alkanes of at least 4 members (excludes halogenated alkanes) is 1. The maximum atomic E-state index is 14.0. The predicted octanol–water partition coefficient (Wildman–Crippen LogP) is 1.01. The van der Waals surface area contributed by atoms with Gasteiger partial charge in [0.25, 0.3) is 0 Å². The number of nitrogens with one attached hydrogen (secondary N) is 1. The Bertz CT molecular complexity index is 647. The van der Waals surface area contributed by atoms with Crippen LogP contribution in [0.25, 0.3) is 0 Å². The minimum Gasteiger partial charge on any atom is -0.327 e. The second kappa shape index (κ2) is 9.91. The molecule has 2 N–H and O–H groups in total. The Morgan fingerprint density at radius 3 is 2.93 bits per heavy atom. The highest BCUT2D eigenvalue weighted by atomic mass is 19.1. The fourth-order valence-corrected chi connectivity index (χ4v) is 3.10. The van der Waals surface area contributed by atoms with Gasteiger partial charge in [0, 0.05) is 18.8 Å². The third kappa shape index (κ3) is 5.68. The summed E-state index contributed by atoms with van der Waals surface area (Å²) in [4.78, 5) is 45.1. The van der Waals surface area contributed by atoms with E-state index >= 15 is 0 Å². The maximum Gasteiger partial charge on any atom is 0.248 e. The third-order valence-electron chi connectivity index (χ3n) is 4.43. The van der Waals surface area contributed by atoms with E-state index in [9.17, 15) is 24.0 Å². The number of hydroxylamine groups is 2. The topological polar surface area (TPSA) is 116 Å². The van der Waals surface area contributed by atoms with Gasteiger partial charge in [-0.3, -0.25) is 24.6 Å². The molecule has 1 aromatic heterocycles. The molecule has 1 aliphatic rings. The van der Waals surface area contributed by atoms with Crippen molar-refractivity contribution in [3.05, 3.63) is 18.6 Å². The number of carbonyl (C=O) groups is 3. The summed E-state index contributed by atoms with van der Waals surface area (Å²) in [7, 11) is 0. The minimum absolute atomic E-state index is 0.116. The molecule has 2 heterocycles. The van der Waals surface area contributed by atoms with Crippen LogP contribution >= 0.6 is 0 Å². The van der Waals surface area contributed by atoms with Gasteiger partial charge in [0.2, 0.25) is 18.2 Å². The van der Waals surface area contributed by atoms with Crippen molar-refractivity contribution in [3.8, 4) is 0 Å². The zero-order valence-corrected chi connectivity index (χ0v) is 15.1. The highest BCUT2D eigenvalue weighted by Crippen LogP contribution is 2.25. The van der Waals surface area contributed by atoms with E-state index in [1.807, 2.05) is 6.92 Å². The fourth-order valence-electron chi connectivity index (χ4n) is 3.10. The lowest BCUT2D eigenvalue weighted by Crippen LogP contribution is -2.47. The van der Waals surface area contributed by atoms with Gasteiger partial charge < -0.3 is 10.2 Å². The Labute approximate surface area is 156 Å². The monoisotopic (exact) mass is 381 g/mol. The molecule has 0 aliphatic carbocycles. The average Bonchev–Trinajstić information content (AvgIpc) is 3.07. The number of hydrogen-bond donors (Lipinski definition) is 2. The molecule has 0 radical (unpaired) electrons. The van der Waals surface area contributed by atoms with Gasteiger partial charge in [-0.25, -0.2) is 14.4 Å². The molecule has 1 aliphatic heterocycles. The van der Waals surface area contributed by atoms with Crippen molar-refractivity contribution in [1.82, 2.24) is 19.9 Å². The lowest BCUT2D eigenvalue weighted by atomic mass is 9.99. The van der Waals surface area contributed by atoms with Gasteiger partial charge in [0.05, 0.1) is 25.2 Å². The molecule has 9 nitrogen and oxygen atoms in total. The lowest BCUT2D eigenvalue weighted by Gasteiger charge is -2.28. The number of likely N-dealkylation sites (tertiary alicyclic amines) is 1. The van der Waals surface area contributed by atoms with E-state index < -0.39 is 29.9 Å². The second-order valence-electron chi connectivity index (χ2n) is 6.49. The summed E-state index contributed by atoms with van der Waals surface area (Å²) in [6.45, 7) is 1.55. The zero-order chi connectivity index (χ0) is 19.8. The van der Waals surface area contributed by atoms with Crippen LogP contribution in [0.1, 0.15) is 32.6 Å². The predicted molar refractivity (Wildman–Crippen MR) is 93.2 cm³/mol. The van der Waals surface area contributed by atoms with E-state index in [0.717, 1.165) is 6.42 Å². The van der Waals surface area contributed by atoms with Crippen molar-refractivity contribution in [2.75, 3.05) is 18.4 Å². The molecule has 0 spiro atoms. The van der Waals surface area contributed by atoms with Gasteiger partial charge >= 0.3 is 0 Å². The number of alkyl halides is 1. The van der Waals surface area contributed by atoms with Crippen LogP contribution < -0.4 is 5.32 Å². The standard InChI is InChI=1S/C17H24FN5O4/c1-2-3-4-12(9-22(27)11-24)17(26)23-10-13(18)7-14(23)16(25)21-15-8-19-5-6-20-15/h5-6,8,11-14,27H,2-4,7,9-10H2,1H3,(H,20,21,25). The van der Waals surface area contributed by atoms with E-state index in [-0.39, 0.29) is 31.7 Å². The molecule has 2 rings (SSSR count). The molecule has 27 heavy (non-hydrogen) atoms. The van der Waals surface area contributed by atoms with Crippen LogP contribution in [0.2, 0.25) is 0 Å². The van der Waals surface area contributed by atoms with Crippen molar-refractivity contribution in [1.29, 1.82) is 0 Å². The van der Waals surface area contributed by atoms with Crippen LogP contribution in [0.5, 0.6) is 0 Å². The largest absolute Gasteiger partial charge is 0.327 e. The smallest absolute Gasteiger partial charge is 0.248 e. The van der Waals surface area contributed by atoms with Crippen LogP contribution in [0.3, 0.4) is 0 Å². The number of rotatable bonds is 9. The number of nitrogens with zero attached hydrogens (tertiary/aromatic N) is 4. The molecule has 3 unspecified atom stereocenters. The van der Waals surface area contributed by atoms with Gasteiger partial charge in [-0.2, -0.15) is 0 Å². The number of hydrogen-bond acceptors (Lipinski definition) is 6. The molecule has 3 amide bonds. The maximum absolute atomic E-state index is 14.0. The van der Waals surface area contributed by atoms with Gasteiger partial charge in [-0.05, 0) is 6.42 Å². The summed E-state index contributed by atoms with van der Waals surface area (Å²) in [5, 5.41) is 12.4. The summed E-state index contributed by atoms with van der Waals surface area (Å²) < 4.78 is 14.0. The first-order valence-corrected chi connectivity index (χ1v) is 8.88. The average molecular weight is 381 g/mol. The Kier molecular flexibility index (Phi) is 7.59. The first-order valence-electron chi connectivity index (χ1n) is 8.88. The number of halogens is 1. The van der Waals surface area contributed by atoms with Crippen molar-refractivity contribution < 1.29 is 24.0 Å². The third-order valence-corrected chi connectivity index (χ3v) is 4.43. The summed E-state index contributed by atoms with van der Waals surface area (Å²) in [6, 6.07) is -0.984. The summed E-state index contributed by atoms with van der Waals surface area (Å²) in [5.41, 5.74) is 0. The molecule has 1 fully saturated rings. The number of amides is 3. The molecular formula is C17H24FN5O4. The first kappa shape index (κ1) is 20.7. The van der Waals surface area contributed by atoms with Crippen molar-refractivity contribution >= 4 is 24.0 Å². The van der Waals surface area contributed by atoms with E-state index in [0.29, 0.717) is 17.9 Å².